The Bertz CT molecular complexity index is 494. The minimum atomic E-state index is -2.27. The molecule has 4 nitrogen and oxygen atoms in total. The molecule has 0 spiro atoms. The van der Waals surface area contributed by atoms with Gasteiger partial charge in [0.2, 0.25) is 0 Å². The fraction of sp³-hybridized carbons (Fsp3) is 0.400. The third-order valence-electron chi connectivity index (χ3n) is 3.25. The lowest BCUT2D eigenvalue weighted by molar-refractivity contribution is 0.0725. The second kappa shape index (κ2) is 12.7. The fourth-order valence-electron chi connectivity index (χ4n) is 2.20. The molecular weight excluding hydrogens is 332 g/mol. The first kappa shape index (κ1) is 21.4. The van der Waals surface area contributed by atoms with Gasteiger partial charge in [0, 0.05) is 25.9 Å². The van der Waals surface area contributed by atoms with Crippen molar-refractivity contribution in [3.63, 3.8) is 0 Å². The first-order valence-corrected chi connectivity index (χ1v) is 10.8. The molecule has 0 heterocycles. The average molecular weight is 363 g/mol. The highest BCUT2D eigenvalue weighted by Crippen LogP contribution is 2.19. The van der Waals surface area contributed by atoms with E-state index in [0.29, 0.717) is 19.8 Å². The van der Waals surface area contributed by atoms with E-state index in [-0.39, 0.29) is 0 Å². The first-order valence-electron chi connectivity index (χ1n) is 8.89. The van der Waals surface area contributed by atoms with Crippen molar-refractivity contribution in [1.82, 2.24) is 0 Å². The van der Waals surface area contributed by atoms with Crippen molar-refractivity contribution in [2.45, 2.75) is 33.7 Å². The lowest BCUT2D eigenvalue weighted by Gasteiger charge is -2.26. The SMILES string of the molecule is CCO[Si](CC)(OCC)OCC.c1ccc(Oc2ccccc2)cc1. The molecule has 0 unspecified atom stereocenters. The van der Waals surface area contributed by atoms with Gasteiger partial charge in [-0.3, -0.25) is 0 Å². The normalized spacial score (nSPS) is 10.7. The van der Waals surface area contributed by atoms with E-state index in [0.717, 1.165) is 17.5 Å². The van der Waals surface area contributed by atoms with Crippen LogP contribution in [-0.2, 0) is 13.3 Å². The van der Waals surface area contributed by atoms with Crippen LogP contribution >= 0.6 is 0 Å². The van der Waals surface area contributed by atoms with Gasteiger partial charge in [-0.25, -0.2) is 0 Å². The highest BCUT2D eigenvalue weighted by atomic mass is 28.4. The van der Waals surface area contributed by atoms with E-state index in [1.165, 1.54) is 0 Å². The van der Waals surface area contributed by atoms with Crippen LogP contribution < -0.4 is 4.74 Å². The molecule has 138 valence electrons. The van der Waals surface area contributed by atoms with Crippen LogP contribution in [0.3, 0.4) is 0 Å². The Labute approximate surface area is 153 Å². The number of hydrogen-bond donors (Lipinski definition) is 0. The quantitative estimate of drug-likeness (QED) is 0.549. The third kappa shape index (κ3) is 8.31. The average Bonchev–Trinajstić information content (AvgIpc) is 2.64. The van der Waals surface area contributed by atoms with Crippen molar-refractivity contribution >= 4 is 8.80 Å². The summed E-state index contributed by atoms with van der Waals surface area (Å²) in [4.78, 5) is 0. The molecule has 0 saturated carbocycles. The van der Waals surface area contributed by atoms with Crippen molar-refractivity contribution in [3.05, 3.63) is 60.7 Å². The largest absolute Gasteiger partial charge is 0.500 e. The van der Waals surface area contributed by atoms with Crippen molar-refractivity contribution in [1.29, 1.82) is 0 Å². The molecule has 0 aliphatic carbocycles. The summed E-state index contributed by atoms with van der Waals surface area (Å²) < 4.78 is 22.2. The van der Waals surface area contributed by atoms with Gasteiger partial charge >= 0.3 is 8.80 Å². The Morgan fingerprint density at radius 2 is 0.960 bits per heavy atom. The summed E-state index contributed by atoms with van der Waals surface area (Å²) in [6.45, 7) is 9.95. The van der Waals surface area contributed by atoms with Gasteiger partial charge in [0.15, 0.2) is 0 Å². The number of benzene rings is 2. The Balaban J connectivity index is 0.000000252. The van der Waals surface area contributed by atoms with Gasteiger partial charge in [0.1, 0.15) is 11.5 Å². The molecule has 0 amide bonds. The smallest absolute Gasteiger partial charge is 0.457 e. The van der Waals surface area contributed by atoms with Gasteiger partial charge in [-0.05, 0) is 45.0 Å². The van der Waals surface area contributed by atoms with Gasteiger partial charge in [-0.1, -0.05) is 43.3 Å². The Morgan fingerprint density at radius 3 is 1.24 bits per heavy atom. The van der Waals surface area contributed by atoms with Crippen LogP contribution in [-0.4, -0.2) is 28.6 Å². The van der Waals surface area contributed by atoms with E-state index in [4.69, 9.17) is 18.0 Å². The fourth-order valence-corrected chi connectivity index (χ4v) is 4.39. The Kier molecular flexibility index (Phi) is 10.8. The summed E-state index contributed by atoms with van der Waals surface area (Å²) in [5, 5.41) is 0. The van der Waals surface area contributed by atoms with Gasteiger partial charge < -0.3 is 18.0 Å². The van der Waals surface area contributed by atoms with E-state index < -0.39 is 8.80 Å². The maximum Gasteiger partial charge on any atom is 0.500 e. The summed E-state index contributed by atoms with van der Waals surface area (Å²) in [6.07, 6.45) is 0. The molecule has 0 bridgehead atoms. The molecule has 5 heteroatoms. The summed E-state index contributed by atoms with van der Waals surface area (Å²) in [5.74, 6) is 1.74. The van der Waals surface area contributed by atoms with E-state index >= 15 is 0 Å². The second-order valence-corrected chi connectivity index (χ2v) is 8.00. The summed E-state index contributed by atoms with van der Waals surface area (Å²) in [5.41, 5.74) is 0. The Hall–Kier alpha value is -1.66. The van der Waals surface area contributed by atoms with Gasteiger partial charge in [0.25, 0.3) is 0 Å². The van der Waals surface area contributed by atoms with E-state index in [1.54, 1.807) is 0 Å². The van der Waals surface area contributed by atoms with Crippen LogP contribution in [0.5, 0.6) is 11.5 Å². The van der Waals surface area contributed by atoms with Crippen LogP contribution in [0.2, 0.25) is 6.04 Å². The molecule has 0 aromatic heterocycles. The molecule has 0 atom stereocenters. The van der Waals surface area contributed by atoms with Gasteiger partial charge in [-0.2, -0.15) is 0 Å². The van der Waals surface area contributed by atoms with Gasteiger partial charge in [0.05, 0.1) is 0 Å². The number of para-hydroxylation sites is 2. The standard InChI is InChI=1S/C12H10O.C8H20O3Si/c1-3-7-11(8-4-1)13-12-9-5-2-6-10-12;1-5-9-12(8-4,10-6-2)11-7-3/h1-10H;5-8H2,1-4H3. The molecule has 2 rings (SSSR count). The maximum absolute atomic E-state index is 5.58. The molecule has 0 radical (unpaired) electrons. The molecule has 25 heavy (non-hydrogen) atoms. The van der Waals surface area contributed by atoms with Crippen molar-refractivity contribution in [3.8, 4) is 11.5 Å². The zero-order valence-corrected chi connectivity index (χ0v) is 16.7. The van der Waals surface area contributed by atoms with E-state index in [1.807, 2.05) is 88.4 Å². The molecule has 0 saturated heterocycles. The van der Waals surface area contributed by atoms with Crippen molar-refractivity contribution in [2.24, 2.45) is 0 Å². The third-order valence-corrected chi connectivity index (χ3v) is 6.30. The predicted octanol–water partition coefficient (Wildman–Crippen LogP) is 5.53. The summed E-state index contributed by atoms with van der Waals surface area (Å²) in [6, 6.07) is 20.4. The highest BCUT2D eigenvalue weighted by molar-refractivity contribution is 6.60. The number of ether oxygens (including phenoxy) is 1. The Morgan fingerprint density at radius 1 is 0.600 bits per heavy atom. The summed E-state index contributed by atoms with van der Waals surface area (Å²) >= 11 is 0. The predicted molar refractivity (Wildman–Crippen MR) is 104 cm³/mol. The monoisotopic (exact) mass is 362 g/mol. The van der Waals surface area contributed by atoms with Crippen LogP contribution in [0.15, 0.2) is 60.7 Å². The number of hydrogen-bond acceptors (Lipinski definition) is 4. The highest BCUT2D eigenvalue weighted by Gasteiger charge is 2.37. The zero-order valence-electron chi connectivity index (χ0n) is 15.7. The molecule has 0 aliphatic rings. The molecule has 0 fully saturated rings. The van der Waals surface area contributed by atoms with Crippen LogP contribution in [0.1, 0.15) is 27.7 Å². The maximum atomic E-state index is 5.58. The lowest BCUT2D eigenvalue weighted by Crippen LogP contribution is -2.45. The minimum Gasteiger partial charge on any atom is -0.457 e. The summed E-state index contributed by atoms with van der Waals surface area (Å²) in [7, 11) is -2.27. The first-order chi connectivity index (χ1) is 12.2. The second-order valence-electron chi connectivity index (χ2n) is 5.06. The van der Waals surface area contributed by atoms with Crippen molar-refractivity contribution in [2.75, 3.05) is 19.8 Å². The molecule has 2 aromatic carbocycles. The molecule has 2 aromatic rings. The molecular formula is C20H30O4Si. The topological polar surface area (TPSA) is 36.9 Å². The van der Waals surface area contributed by atoms with Gasteiger partial charge in [-0.15, -0.1) is 0 Å². The minimum absolute atomic E-state index is 0.667. The molecule has 0 aliphatic heterocycles. The van der Waals surface area contributed by atoms with Crippen molar-refractivity contribution < 1.29 is 18.0 Å². The van der Waals surface area contributed by atoms with Crippen LogP contribution in [0.4, 0.5) is 0 Å². The van der Waals surface area contributed by atoms with Crippen LogP contribution in [0.25, 0.3) is 0 Å². The lowest BCUT2D eigenvalue weighted by atomic mass is 10.3. The van der Waals surface area contributed by atoms with E-state index in [9.17, 15) is 0 Å². The van der Waals surface area contributed by atoms with E-state index in [2.05, 4.69) is 0 Å². The van der Waals surface area contributed by atoms with Crippen LogP contribution in [0, 0.1) is 0 Å². The zero-order chi connectivity index (χ0) is 18.4. The molecule has 0 N–H and O–H groups in total. The number of rotatable bonds is 9.